The lowest BCUT2D eigenvalue weighted by molar-refractivity contribution is -0.155. The number of amides is 1. The topological polar surface area (TPSA) is 128 Å². The van der Waals surface area contributed by atoms with Crippen LogP contribution in [0, 0.1) is 5.92 Å². The van der Waals surface area contributed by atoms with Crippen LogP contribution in [0.4, 0.5) is 4.79 Å². The molecular formula is C19H28NO8P. The smallest absolute Gasteiger partial charge is 0.410 e. The van der Waals surface area contributed by atoms with Gasteiger partial charge in [-0.15, -0.1) is 0 Å². The summed E-state index contributed by atoms with van der Waals surface area (Å²) in [6, 6.07) is 7.88. The first kappa shape index (κ1) is 24.7. The van der Waals surface area contributed by atoms with Gasteiger partial charge in [-0.25, -0.2) is 9.59 Å². The first-order valence-corrected chi connectivity index (χ1v) is 11.1. The zero-order chi connectivity index (χ0) is 21.8. The van der Waals surface area contributed by atoms with Crippen molar-refractivity contribution in [1.29, 1.82) is 0 Å². The fourth-order valence-corrected chi connectivity index (χ4v) is 2.99. The zero-order valence-electron chi connectivity index (χ0n) is 16.8. The Kier molecular flexibility index (Phi) is 11.0. The van der Waals surface area contributed by atoms with Crippen molar-refractivity contribution in [1.82, 2.24) is 5.32 Å². The van der Waals surface area contributed by atoms with E-state index >= 15 is 0 Å². The number of esters is 1. The van der Waals surface area contributed by atoms with Crippen LogP contribution in [0.25, 0.3) is 0 Å². The second-order valence-corrected chi connectivity index (χ2v) is 7.72. The van der Waals surface area contributed by atoms with Gasteiger partial charge in [-0.3, -0.25) is 9.36 Å². The Morgan fingerprint density at radius 2 is 1.83 bits per heavy atom. The lowest BCUT2D eigenvalue weighted by Crippen LogP contribution is -2.42. The van der Waals surface area contributed by atoms with Crippen LogP contribution in [0.3, 0.4) is 0 Å². The van der Waals surface area contributed by atoms with Crippen molar-refractivity contribution in [2.75, 3.05) is 20.1 Å². The maximum absolute atomic E-state index is 12.5. The van der Waals surface area contributed by atoms with Crippen molar-refractivity contribution in [3.05, 3.63) is 35.9 Å². The summed E-state index contributed by atoms with van der Waals surface area (Å²) in [5.74, 6) is -2.32. The van der Waals surface area contributed by atoms with Gasteiger partial charge in [0.15, 0.2) is 8.03 Å². The molecule has 0 aromatic heterocycles. The largest absolute Gasteiger partial charge is 0.480 e. The summed E-state index contributed by atoms with van der Waals surface area (Å²) in [5.41, 5.74) is 0.803. The number of ether oxygens (including phenoxy) is 2. The molecule has 0 spiro atoms. The molecule has 0 bridgehead atoms. The van der Waals surface area contributed by atoms with Crippen LogP contribution in [0.15, 0.2) is 30.3 Å². The highest BCUT2D eigenvalue weighted by atomic mass is 31.1. The molecule has 0 radical (unpaired) electrons. The SMILES string of the molecule is CCC(C)C(C(=O)OCOC(=O)NC(CCO[PH](C)=O)C(=O)O)c1ccccc1. The van der Waals surface area contributed by atoms with Crippen LogP contribution >= 0.6 is 8.03 Å². The van der Waals surface area contributed by atoms with Gasteiger partial charge in [-0.1, -0.05) is 50.6 Å². The molecule has 0 fully saturated rings. The molecule has 1 rings (SSSR count). The number of carboxylic acids is 1. The molecule has 0 saturated heterocycles. The highest BCUT2D eigenvalue weighted by molar-refractivity contribution is 7.38. The number of rotatable bonds is 12. The van der Waals surface area contributed by atoms with E-state index in [0.717, 1.165) is 12.0 Å². The number of hydrogen-bond donors (Lipinski definition) is 2. The first-order valence-electron chi connectivity index (χ1n) is 9.27. The summed E-state index contributed by atoms with van der Waals surface area (Å²) in [6.07, 6.45) is -0.379. The number of carbonyl (C=O) groups is 3. The van der Waals surface area contributed by atoms with E-state index in [0.29, 0.717) is 0 Å². The third-order valence-electron chi connectivity index (χ3n) is 4.32. The van der Waals surface area contributed by atoms with Crippen LogP contribution in [-0.2, 0) is 28.2 Å². The minimum Gasteiger partial charge on any atom is -0.480 e. The van der Waals surface area contributed by atoms with E-state index in [1.807, 2.05) is 44.2 Å². The number of alkyl carbamates (subject to hydrolysis) is 1. The van der Waals surface area contributed by atoms with E-state index in [2.05, 4.69) is 5.32 Å². The zero-order valence-corrected chi connectivity index (χ0v) is 17.8. The number of aliphatic carboxylic acids is 1. The summed E-state index contributed by atoms with van der Waals surface area (Å²) in [6.45, 7) is 4.53. The Hall–Kier alpha value is -2.38. The van der Waals surface area contributed by atoms with E-state index in [9.17, 15) is 18.9 Å². The Labute approximate surface area is 170 Å². The molecule has 0 aliphatic carbocycles. The third-order valence-corrected chi connectivity index (χ3v) is 4.93. The predicted octanol–water partition coefficient (Wildman–Crippen LogP) is 3.01. The fourth-order valence-electron chi connectivity index (χ4n) is 2.59. The van der Waals surface area contributed by atoms with Crippen LogP contribution in [0.1, 0.15) is 38.2 Å². The summed E-state index contributed by atoms with van der Waals surface area (Å²) < 4.78 is 25.6. The molecule has 29 heavy (non-hydrogen) atoms. The molecule has 1 amide bonds. The minimum absolute atomic E-state index is 0.0149. The van der Waals surface area contributed by atoms with Gasteiger partial charge < -0.3 is 24.4 Å². The van der Waals surface area contributed by atoms with Crippen molar-refractivity contribution in [3.8, 4) is 0 Å². The van der Waals surface area contributed by atoms with E-state index in [-0.39, 0.29) is 18.9 Å². The van der Waals surface area contributed by atoms with Gasteiger partial charge in [0.05, 0.1) is 12.5 Å². The van der Waals surface area contributed by atoms with Gasteiger partial charge in [0.25, 0.3) is 0 Å². The number of benzene rings is 1. The lowest BCUT2D eigenvalue weighted by Gasteiger charge is -2.22. The molecular weight excluding hydrogens is 401 g/mol. The van der Waals surface area contributed by atoms with Crippen molar-refractivity contribution in [2.24, 2.45) is 5.92 Å². The van der Waals surface area contributed by atoms with E-state index in [1.54, 1.807) is 0 Å². The molecule has 162 valence electrons. The molecule has 4 unspecified atom stereocenters. The molecule has 9 nitrogen and oxygen atoms in total. The molecule has 0 aliphatic rings. The van der Waals surface area contributed by atoms with Gasteiger partial charge in [0.1, 0.15) is 6.04 Å². The molecule has 10 heteroatoms. The van der Waals surface area contributed by atoms with Gasteiger partial charge in [0.2, 0.25) is 6.79 Å². The molecule has 1 aromatic rings. The summed E-state index contributed by atoms with van der Waals surface area (Å²) in [5, 5.41) is 11.2. The van der Waals surface area contributed by atoms with E-state index < -0.39 is 44.8 Å². The van der Waals surface area contributed by atoms with Crippen molar-refractivity contribution in [3.63, 3.8) is 0 Å². The Morgan fingerprint density at radius 3 is 2.38 bits per heavy atom. The maximum atomic E-state index is 12.5. The first-order chi connectivity index (χ1) is 13.8. The van der Waals surface area contributed by atoms with Crippen molar-refractivity contribution >= 4 is 26.1 Å². The quantitative estimate of drug-likeness (QED) is 0.295. The second kappa shape index (κ2) is 13.0. The molecule has 0 heterocycles. The Balaban J connectivity index is 2.54. The average Bonchev–Trinajstić information content (AvgIpc) is 2.67. The predicted molar refractivity (Wildman–Crippen MR) is 106 cm³/mol. The van der Waals surface area contributed by atoms with Gasteiger partial charge in [0, 0.05) is 13.1 Å². The van der Waals surface area contributed by atoms with Crippen LogP contribution < -0.4 is 5.32 Å². The number of carbonyl (C=O) groups excluding carboxylic acids is 2. The molecule has 0 aliphatic heterocycles. The van der Waals surface area contributed by atoms with Crippen LogP contribution in [0.5, 0.6) is 0 Å². The second-order valence-electron chi connectivity index (χ2n) is 6.45. The standard InChI is InChI=1S/C19H28NO8P/c1-4-13(2)16(14-8-6-5-7-9-14)18(23)26-12-27-19(24)20-15(17(21)22)10-11-28-29(3)25/h5-9,13,15-16,29H,4,10-12H2,1-3H3,(H,20,24)(H,21,22). The number of carboxylic acid groups (broad SMARTS) is 1. The number of nitrogens with one attached hydrogen (secondary N) is 1. The monoisotopic (exact) mass is 429 g/mol. The lowest BCUT2D eigenvalue weighted by atomic mass is 9.86. The molecule has 4 atom stereocenters. The van der Waals surface area contributed by atoms with Crippen molar-refractivity contribution < 1.29 is 38.1 Å². The highest BCUT2D eigenvalue weighted by Crippen LogP contribution is 2.28. The summed E-state index contributed by atoms with van der Waals surface area (Å²) in [7, 11) is -2.19. The molecule has 1 aromatic carbocycles. The van der Waals surface area contributed by atoms with E-state index in [4.69, 9.17) is 19.1 Å². The molecule has 2 N–H and O–H groups in total. The van der Waals surface area contributed by atoms with Gasteiger partial charge >= 0.3 is 18.0 Å². The van der Waals surface area contributed by atoms with E-state index in [1.165, 1.54) is 6.66 Å². The minimum atomic E-state index is -2.19. The third kappa shape index (κ3) is 9.11. The van der Waals surface area contributed by atoms with Crippen molar-refractivity contribution in [2.45, 2.75) is 38.6 Å². The average molecular weight is 429 g/mol. The fraction of sp³-hybridized carbons (Fsp3) is 0.526. The van der Waals surface area contributed by atoms with Crippen LogP contribution in [0.2, 0.25) is 0 Å². The summed E-state index contributed by atoms with van der Waals surface area (Å²) >= 11 is 0. The Bertz CT molecular complexity index is 697. The van der Waals surface area contributed by atoms with Gasteiger partial charge in [-0.2, -0.15) is 0 Å². The highest BCUT2D eigenvalue weighted by Gasteiger charge is 2.28. The maximum Gasteiger partial charge on any atom is 0.410 e. The number of hydrogen-bond acceptors (Lipinski definition) is 7. The van der Waals surface area contributed by atoms with Gasteiger partial charge in [-0.05, 0) is 11.5 Å². The normalized spacial score (nSPS) is 14.9. The van der Waals surface area contributed by atoms with Crippen LogP contribution in [-0.4, -0.2) is 49.2 Å². The Morgan fingerprint density at radius 1 is 1.17 bits per heavy atom. The molecule has 0 saturated carbocycles. The summed E-state index contributed by atoms with van der Waals surface area (Å²) in [4.78, 5) is 35.4.